The summed E-state index contributed by atoms with van der Waals surface area (Å²) in [4.78, 5) is 25.5. The van der Waals surface area contributed by atoms with Gasteiger partial charge in [0.15, 0.2) is 5.69 Å². The number of imidazole rings is 1. The molecule has 3 aromatic rings. The first kappa shape index (κ1) is 26.8. The fourth-order valence-electron chi connectivity index (χ4n) is 8.45. The lowest BCUT2D eigenvalue weighted by Gasteiger charge is -2.56. The van der Waals surface area contributed by atoms with Crippen molar-refractivity contribution < 1.29 is 19.1 Å². The molecule has 2 aromatic carbocycles. The molecule has 0 saturated heterocycles. The van der Waals surface area contributed by atoms with Crippen LogP contribution in [0.1, 0.15) is 110 Å². The van der Waals surface area contributed by atoms with E-state index in [1.54, 1.807) is 4.73 Å². The highest BCUT2D eigenvalue weighted by molar-refractivity contribution is 5.89. The Labute approximate surface area is 243 Å². The van der Waals surface area contributed by atoms with Crippen LogP contribution in [-0.4, -0.2) is 21.3 Å². The zero-order valence-electron chi connectivity index (χ0n) is 24.0. The van der Waals surface area contributed by atoms with E-state index in [1.807, 2.05) is 60.7 Å². The molecule has 1 aromatic heterocycles. The number of ether oxygens (including phenoxy) is 2. The summed E-state index contributed by atoms with van der Waals surface area (Å²) in [5.41, 5.74) is 2.98. The summed E-state index contributed by atoms with van der Waals surface area (Å²) in [5, 5.41) is 0. The summed E-state index contributed by atoms with van der Waals surface area (Å²) in [6.45, 7) is 0.881. The first-order valence-electron chi connectivity index (χ1n) is 15.8. The Hall–Kier alpha value is -3.12. The number of nitrogens with zero attached hydrogens (tertiary/aromatic N) is 2. The Morgan fingerprint density at radius 3 is 1.98 bits per heavy atom. The SMILES string of the molecule is O=C(OCc1ccccc1)c1c(COC23CC4CC(CC(C4)C2)C3)nc(C2CCCCC2)n1OCc1ccccc1. The summed E-state index contributed by atoms with van der Waals surface area (Å²) >= 11 is 0. The highest BCUT2D eigenvalue weighted by Gasteiger charge is 2.52. The molecular weight excluding hydrogens is 512 g/mol. The summed E-state index contributed by atoms with van der Waals surface area (Å²) in [7, 11) is 0. The molecule has 1 heterocycles. The van der Waals surface area contributed by atoms with Crippen LogP contribution < -0.4 is 4.84 Å². The second kappa shape index (κ2) is 11.6. The van der Waals surface area contributed by atoms with Crippen molar-refractivity contribution in [2.75, 3.05) is 0 Å². The first-order chi connectivity index (χ1) is 20.1. The van der Waals surface area contributed by atoms with Crippen LogP contribution in [0.2, 0.25) is 0 Å². The second-order valence-electron chi connectivity index (χ2n) is 13.1. The molecule has 0 aliphatic heterocycles. The van der Waals surface area contributed by atoms with Gasteiger partial charge in [0.05, 0.1) is 12.2 Å². The van der Waals surface area contributed by atoms with Crippen LogP contribution in [-0.2, 0) is 29.3 Å². The molecule has 5 aliphatic rings. The molecule has 0 radical (unpaired) electrons. The Kier molecular flexibility index (Phi) is 7.59. The molecular formula is C35H42N2O4. The summed E-state index contributed by atoms with van der Waals surface area (Å²) in [5.74, 6) is 3.08. The molecule has 6 nitrogen and oxygen atoms in total. The lowest BCUT2D eigenvalue weighted by molar-refractivity contribution is -0.169. The number of carbonyl (C=O) groups excluding carboxylic acids is 1. The monoisotopic (exact) mass is 554 g/mol. The maximum atomic E-state index is 13.9. The van der Waals surface area contributed by atoms with Crippen molar-refractivity contribution >= 4 is 5.97 Å². The van der Waals surface area contributed by atoms with E-state index in [0.29, 0.717) is 24.6 Å². The fraction of sp³-hybridized carbons (Fsp3) is 0.543. The van der Waals surface area contributed by atoms with Gasteiger partial charge in [-0.25, -0.2) is 9.78 Å². The lowest BCUT2D eigenvalue weighted by Crippen LogP contribution is -2.51. The number of carbonyl (C=O) groups is 1. The number of aromatic nitrogens is 2. The molecule has 5 aliphatic carbocycles. The number of esters is 1. The number of hydrogen-bond donors (Lipinski definition) is 0. The molecule has 0 atom stereocenters. The summed E-state index contributed by atoms with van der Waals surface area (Å²) in [6.07, 6.45) is 13.2. The zero-order valence-corrected chi connectivity index (χ0v) is 24.0. The van der Waals surface area contributed by atoms with E-state index in [1.165, 1.54) is 38.5 Å². The van der Waals surface area contributed by atoms with Gasteiger partial charge in [-0.15, -0.1) is 0 Å². The molecule has 216 valence electrons. The Morgan fingerprint density at radius 1 is 0.780 bits per heavy atom. The molecule has 8 rings (SSSR count). The average molecular weight is 555 g/mol. The van der Waals surface area contributed by atoms with E-state index in [-0.39, 0.29) is 18.1 Å². The maximum Gasteiger partial charge on any atom is 0.360 e. The van der Waals surface area contributed by atoms with Crippen molar-refractivity contribution in [3.8, 4) is 0 Å². The third-order valence-corrected chi connectivity index (χ3v) is 10.0. The van der Waals surface area contributed by atoms with Crippen LogP contribution >= 0.6 is 0 Å². The topological polar surface area (TPSA) is 62.6 Å². The van der Waals surface area contributed by atoms with Crippen molar-refractivity contribution in [3.05, 3.63) is 89.0 Å². The predicted molar refractivity (Wildman–Crippen MR) is 156 cm³/mol. The minimum atomic E-state index is -0.402. The Bertz CT molecular complexity index is 1290. The highest BCUT2D eigenvalue weighted by Crippen LogP contribution is 2.57. The number of hydrogen-bond acceptors (Lipinski definition) is 5. The Morgan fingerprint density at radius 2 is 1.37 bits per heavy atom. The maximum absolute atomic E-state index is 13.9. The van der Waals surface area contributed by atoms with Gasteiger partial charge in [0.25, 0.3) is 0 Å². The van der Waals surface area contributed by atoms with Crippen molar-refractivity contribution in [1.29, 1.82) is 0 Å². The first-order valence-corrected chi connectivity index (χ1v) is 15.8. The third kappa shape index (κ3) is 5.81. The third-order valence-electron chi connectivity index (χ3n) is 10.0. The van der Waals surface area contributed by atoms with Gasteiger partial charge < -0.3 is 14.3 Å². The van der Waals surface area contributed by atoms with E-state index in [9.17, 15) is 4.79 Å². The van der Waals surface area contributed by atoms with Crippen LogP contribution in [0, 0.1) is 17.8 Å². The van der Waals surface area contributed by atoms with Crippen molar-refractivity contribution in [2.24, 2.45) is 17.8 Å². The van der Waals surface area contributed by atoms with Gasteiger partial charge in [-0.05, 0) is 80.2 Å². The van der Waals surface area contributed by atoms with Gasteiger partial charge in [0, 0.05) is 5.92 Å². The zero-order chi connectivity index (χ0) is 27.6. The molecule has 5 saturated carbocycles. The highest BCUT2D eigenvalue weighted by atomic mass is 16.7. The van der Waals surface area contributed by atoms with E-state index < -0.39 is 5.97 Å². The van der Waals surface area contributed by atoms with Gasteiger partial charge in [-0.2, -0.15) is 4.73 Å². The van der Waals surface area contributed by atoms with E-state index in [4.69, 9.17) is 19.3 Å². The van der Waals surface area contributed by atoms with Crippen molar-refractivity contribution in [1.82, 2.24) is 9.71 Å². The molecule has 0 amide bonds. The predicted octanol–water partition coefficient (Wildman–Crippen LogP) is 7.40. The molecule has 5 fully saturated rings. The summed E-state index contributed by atoms with van der Waals surface area (Å²) in [6, 6.07) is 19.9. The standard InChI is InChI=1S/C35H42N2O4/c38-34(39-22-25-10-4-1-5-11-25)32-31(24-40-35-19-27-16-28(20-35)18-29(17-27)21-35)36-33(30-14-8-3-9-15-30)37(32)41-23-26-12-6-2-7-13-26/h1-2,4-7,10-13,27-30H,3,8-9,14-24H2. The van der Waals surface area contributed by atoms with Crippen LogP contribution in [0.3, 0.4) is 0 Å². The minimum absolute atomic E-state index is 0.0698. The van der Waals surface area contributed by atoms with Gasteiger partial charge in [-0.3, -0.25) is 0 Å². The van der Waals surface area contributed by atoms with Crippen LogP contribution in [0.15, 0.2) is 60.7 Å². The Balaban J connectivity index is 1.20. The largest absolute Gasteiger partial charge is 0.456 e. The minimum Gasteiger partial charge on any atom is -0.456 e. The quantitative estimate of drug-likeness (QED) is 0.244. The molecule has 4 bridgehead atoms. The van der Waals surface area contributed by atoms with Gasteiger partial charge in [-0.1, -0.05) is 79.9 Å². The van der Waals surface area contributed by atoms with E-state index in [2.05, 4.69) is 0 Å². The second-order valence-corrected chi connectivity index (χ2v) is 13.1. The molecule has 0 N–H and O–H groups in total. The van der Waals surface area contributed by atoms with Gasteiger partial charge in [0.2, 0.25) is 0 Å². The summed E-state index contributed by atoms with van der Waals surface area (Å²) < 4.78 is 14.5. The smallest absolute Gasteiger partial charge is 0.360 e. The number of benzene rings is 2. The van der Waals surface area contributed by atoms with Crippen molar-refractivity contribution in [2.45, 2.75) is 102 Å². The molecule has 41 heavy (non-hydrogen) atoms. The average Bonchev–Trinajstić information content (AvgIpc) is 3.37. The van der Waals surface area contributed by atoms with E-state index in [0.717, 1.165) is 66.8 Å². The fourth-order valence-corrected chi connectivity index (χ4v) is 8.45. The van der Waals surface area contributed by atoms with Gasteiger partial charge in [0.1, 0.15) is 24.7 Å². The van der Waals surface area contributed by atoms with Crippen molar-refractivity contribution in [3.63, 3.8) is 0 Å². The van der Waals surface area contributed by atoms with Crippen LogP contribution in [0.4, 0.5) is 0 Å². The molecule has 0 unspecified atom stereocenters. The number of rotatable bonds is 10. The van der Waals surface area contributed by atoms with Crippen LogP contribution in [0.25, 0.3) is 0 Å². The normalized spacial score (nSPS) is 27.2. The lowest BCUT2D eigenvalue weighted by atomic mass is 9.54. The van der Waals surface area contributed by atoms with E-state index >= 15 is 0 Å². The molecule has 6 heteroatoms. The van der Waals surface area contributed by atoms with Crippen LogP contribution in [0.5, 0.6) is 0 Å². The molecule has 0 spiro atoms. The van der Waals surface area contributed by atoms with Gasteiger partial charge >= 0.3 is 5.97 Å².